The summed E-state index contributed by atoms with van der Waals surface area (Å²) >= 11 is 1.58. The Labute approximate surface area is 104 Å². The summed E-state index contributed by atoms with van der Waals surface area (Å²) < 4.78 is 5.16. The van der Waals surface area contributed by atoms with Gasteiger partial charge < -0.3 is 9.68 Å². The highest BCUT2D eigenvalue weighted by molar-refractivity contribution is 7.99. The van der Waals surface area contributed by atoms with Gasteiger partial charge in [-0.2, -0.15) is 0 Å². The predicted octanol–water partition coefficient (Wildman–Crippen LogP) is 1.45. The van der Waals surface area contributed by atoms with Crippen molar-refractivity contribution in [3.05, 3.63) is 48.2 Å². The number of aromatic nitrogens is 1. The van der Waals surface area contributed by atoms with Crippen LogP contribution in [0.1, 0.15) is 5.56 Å². The monoisotopic (exact) mass is 243 g/mol. The summed E-state index contributed by atoms with van der Waals surface area (Å²) in [4.78, 5) is 5.32. The highest BCUT2D eigenvalue weighted by Gasteiger charge is 2.27. The number of hydrogen-bond acceptors (Lipinski definition) is 4. The lowest BCUT2D eigenvalue weighted by Crippen LogP contribution is -2.27. The molecule has 0 aliphatic carbocycles. The quantitative estimate of drug-likeness (QED) is 0.810. The predicted molar refractivity (Wildman–Crippen MR) is 67.2 cm³/mol. The number of benzene rings is 1. The van der Waals surface area contributed by atoms with Gasteiger partial charge in [-0.05, 0) is 35.3 Å². The highest BCUT2D eigenvalue weighted by Crippen LogP contribution is 2.26. The van der Waals surface area contributed by atoms with Crippen molar-refractivity contribution in [2.75, 3.05) is 0 Å². The van der Waals surface area contributed by atoms with Crippen LogP contribution in [-0.4, -0.2) is 17.1 Å². The summed E-state index contributed by atoms with van der Waals surface area (Å²) in [7, 11) is -0.783. The third-order valence-corrected chi connectivity index (χ3v) is 3.58. The first-order valence-corrected chi connectivity index (χ1v) is 6.16. The van der Waals surface area contributed by atoms with E-state index in [0.29, 0.717) is 6.61 Å². The Bertz CT molecular complexity index is 535. The third-order valence-electron chi connectivity index (χ3n) is 2.64. The van der Waals surface area contributed by atoms with E-state index in [1.165, 1.54) is 0 Å². The number of pyridine rings is 1. The van der Waals surface area contributed by atoms with Crippen LogP contribution in [0.2, 0.25) is 0 Å². The van der Waals surface area contributed by atoms with Crippen LogP contribution in [-0.2, 0) is 11.3 Å². The van der Waals surface area contributed by atoms with Crippen molar-refractivity contribution in [2.24, 2.45) is 0 Å². The van der Waals surface area contributed by atoms with E-state index in [4.69, 9.17) is 4.65 Å². The number of fused-ring (bicyclic) bond motifs is 1. The summed E-state index contributed by atoms with van der Waals surface area (Å²) in [6.45, 7) is 0.491. The molecule has 3 rings (SSSR count). The molecule has 0 radical (unpaired) electrons. The first-order valence-electron chi connectivity index (χ1n) is 5.34. The molecule has 17 heavy (non-hydrogen) atoms. The van der Waals surface area contributed by atoms with Gasteiger partial charge >= 0.3 is 7.12 Å². The number of nitrogens with zero attached hydrogens (tertiary/aromatic N) is 1. The van der Waals surface area contributed by atoms with Gasteiger partial charge in [0.1, 0.15) is 5.03 Å². The molecule has 0 saturated carbocycles. The van der Waals surface area contributed by atoms with E-state index in [-0.39, 0.29) is 0 Å². The topological polar surface area (TPSA) is 42.4 Å². The van der Waals surface area contributed by atoms with Crippen LogP contribution in [0.5, 0.6) is 0 Å². The highest BCUT2D eigenvalue weighted by atomic mass is 32.2. The van der Waals surface area contributed by atoms with Gasteiger partial charge in [-0.1, -0.05) is 23.9 Å². The molecule has 0 atom stereocenters. The molecule has 1 N–H and O–H groups in total. The average molecular weight is 243 g/mol. The molecular formula is C12H10BNO2S. The van der Waals surface area contributed by atoms with Crippen molar-refractivity contribution in [2.45, 2.75) is 16.5 Å². The average Bonchev–Trinajstić information content (AvgIpc) is 2.73. The molecule has 0 fully saturated rings. The lowest BCUT2D eigenvalue weighted by atomic mass is 9.80. The first kappa shape index (κ1) is 10.8. The molecule has 0 saturated heterocycles. The van der Waals surface area contributed by atoms with Gasteiger partial charge in [-0.15, -0.1) is 0 Å². The fourth-order valence-electron chi connectivity index (χ4n) is 1.78. The van der Waals surface area contributed by atoms with Gasteiger partial charge in [0.2, 0.25) is 0 Å². The largest absolute Gasteiger partial charge is 0.491 e. The van der Waals surface area contributed by atoms with Crippen LogP contribution in [0.3, 0.4) is 0 Å². The maximum absolute atomic E-state index is 9.62. The minimum absolute atomic E-state index is 0.491. The third kappa shape index (κ3) is 2.22. The normalized spacial score (nSPS) is 13.8. The molecule has 2 heterocycles. The molecule has 0 amide bonds. The van der Waals surface area contributed by atoms with Crippen molar-refractivity contribution in [3.63, 3.8) is 0 Å². The van der Waals surface area contributed by atoms with E-state index >= 15 is 0 Å². The Kier molecular flexibility index (Phi) is 2.88. The van der Waals surface area contributed by atoms with E-state index in [2.05, 4.69) is 4.98 Å². The van der Waals surface area contributed by atoms with E-state index in [0.717, 1.165) is 20.9 Å². The Hall–Kier alpha value is -1.30. The SMILES string of the molecule is OB1OCc2ccc(Sc3ccccn3)cc21. The van der Waals surface area contributed by atoms with Crippen LogP contribution >= 0.6 is 11.8 Å². The maximum Gasteiger partial charge on any atom is 0.491 e. The molecular weight excluding hydrogens is 233 g/mol. The summed E-state index contributed by atoms with van der Waals surface area (Å²) in [5, 5.41) is 10.6. The second kappa shape index (κ2) is 4.53. The number of hydrogen-bond donors (Lipinski definition) is 1. The first-order chi connectivity index (χ1) is 8.33. The summed E-state index contributed by atoms with van der Waals surface area (Å²) in [5.41, 5.74) is 1.92. The van der Waals surface area contributed by atoms with Crippen molar-refractivity contribution in [3.8, 4) is 0 Å². The number of rotatable bonds is 2. The van der Waals surface area contributed by atoms with Crippen molar-refractivity contribution in [1.82, 2.24) is 4.98 Å². The van der Waals surface area contributed by atoms with Crippen LogP contribution in [0.25, 0.3) is 0 Å². The molecule has 1 aromatic carbocycles. The summed E-state index contributed by atoms with van der Waals surface area (Å²) in [6, 6.07) is 11.8. The van der Waals surface area contributed by atoms with Crippen LogP contribution in [0, 0.1) is 0 Å². The standard InChI is InChI=1S/C12H10BNO2S/c15-13-11-7-10(5-4-9(11)8-16-13)17-12-3-1-2-6-14-12/h1-7,15H,8H2. The molecule has 0 spiro atoms. The Morgan fingerprint density at radius 1 is 1.29 bits per heavy atom. The summed E-state index contributed by atoms with van der Waals surface area (Å²) in [5.74, 6) is 0. The molecule has 1 aliphatic heterocycles. The lowest BCUT2D eigenvalue weighted by Gasteiger charge is -2.03. The molecule has 1 aliphatic rings. The molecule has 0 bridgehead atoms. The van der Waals surface area contributed by atoms with Crippen molar-refractivity contribution < 1.29 is 9.68 Å². The minimum atomic E-state index is -0.783. The van der Waals surface area contributed by atoms with Gasteiger partial charge in [-0.25, -0.2) is 4.98 Å². The van der Waals surface area contributed by atoms with Crippen LogP contribution in [0.4, 0.5) is 0 Å². The van der Waals surface area contributed by atoms with Gasteiger partial charge in [0, 0.05) is 11.1 Å². The minimum Gasteiger partial charge on any atom is -0.423 e. The second-order valence-electron chi connectivity index (χ2n) is 3.79. The maximum atomic E-state index is 9.62. The summed E-state index contributed by atoms with van der Waals surface area (Å²) in [6.07, 6.45) is 1.77. The zero-order valence-electron chi connectivity index (χ0n) is 9.04. The van der Waals surface area contributed by atoms with Crippen LogP contribution in [0.15, 0.2) is 52.5 Å². The van der Waals surface area contributed by atoms with Gasteiger partial charge in [0.25, 0.3) is 0 Å². The Morgan fingerprint density at radius 3 is 3.06 bits per heavy atom. The van der Waals surface area contributed by atoms with E-state index < -0.39 is 7.12 Å². The van der Waals surface area contributed by atoms with E-state index in [1.807, 2.05) is 36.4 Å². The van der Waals surface area contributed by atoms with Gasteiger partial charge in [0.05, 0.1) is 6.61 Å². The van der Waals surface area contributed by atoms with Crippen LogP contribution < -0.4 is 5.46 Å². The molecule has 5 heteroatoms. The van der Waals surface area contributed by atoms with E-state index in [9.17, 15) is 5.02 Å². The molecule has 84 valence electrons. The van der Waals surface area contributed by atoms with Gasteiger partial charge in [0.15, 0.2) is 0 Å². The molecule has 3 nitrogen and oxygen atoms in total. The van der Waals surface area contributed by atoms with E-state index in [1.54, 1.807) is 18.0 Å². The zero-order chi connectivity index (χ0) is 11.7. The molecule has 2 aromatic rings. The molecule has 1 aromatic heterocycles. The van der Waals surface area contributed by atoms with Crippen molar-refractivity contribution >= 4 is 24.3 Å². The lowest BCUT2D eigenvalue weighted by molar-refractivity contribution is 0.275. The fourth-order valence-corrected chi connectivity index (χ4v) is 2.61. The van der Waals surface area contributed by atoms with Crippen molar-refractivity contribution in [1.29, 1.82) is 0 Å². The fraction of sp³-hybridized carbons (Fsp3) is 0.0833. The van der Waals surface area contributed by atoms with Gasteiger partial charge in [-0.3, -0.25) is 0 Å². The molecule has 0 unspecified atom stereocenters. The Morgan fingerprint density at radius 2 is 2.24 bits per heavy atom. The zero-order valence-corrected chi connectivity index (χ0v) is 9.85. The Balaban J connectivity index is 1.88. The smallest absolute Gasteiger partial charge is 0.423 e. The second-order valence-corrected chi connectivity index (χ2v) is 4.89.